The molecule has 0 fully saturated rings. The van der Waals surface area contributed by atoms with Gasteiger partial charge in [-0.2, -0.15) is 0 Å². The van der Waals surface area contributed by atoms with Crippen LogP contribution in [0.3, 0.4) is 0 Å². The molecule has 0 saturated heterocycles. The van der Waals surface area contributed by atoms with Crippen LogP contribution in [0.15, 0.2) is 17.7 Å². The van der Waals surface area contributed by atoms with Crippen molar-refractivity contribution in [3.8, 4) is 17.2 Å². The van der Waals surface area contributed by atoms with Gasteiger partial charge in [-0.3, -0.25) is 10.2 Å². The molecule has 6 N–H and O–H groups in total. The van der Waals surface area contributed by atoms with E-state index in [2.05, 4.69) is 0 Å². The van der Waals surface area contributed by atoms with Crippen LogP contribution in [0.4, 0.5) is 0 Å². The van der Waals surface area contributed by atoms with Crippen molar-refractivity contribution in [2.45, 2.75) is 6.92 Å². The standard InChI is InChI=1S/C10H12N2O4/c1-5(10(16)12-11)4-6-2-3-7(13)9(15)8(6)14/h2-4,13-15H,11H2,1H3,(H,12,16)/b5-4+. The van der Waals surface area contributed by atoms with Gasteiger partial charge in [-0.15, -0.1) is 0 Å². The topological polar surface area (TPSA) is 116 Å². The third-order valence-corrected chi connectivity index (χ3v) is 2.02. The van der Waals surface area contributed by atoms with Crippen LogP contribution in [0.25, 0.3) is 6.08 Å². The maximum absolute atomic E-state index is 11.1. The van der Waals surface area contributed by atoms with Gasteiger partial charge >= 0.3 is 0 Å². The number of phenolic OH excluding ortho intramolecular Hbond substituents is 3. The lowest BCUT2D eigenvalue weighted by atomic mass is 10.1. The number of aromatic hydroxyl groups is 3. The number of phenols is 3. The van der Waals surface area contributed by atoms with E-state index in [1.165, 1.54) is 25.1 Å². The molecule has 6 heteroatoms. The second kappa shape index (κ2) is 4.54. The van der Waals surface area contributed by atoms with Gasteiger partial charge in [-0.05, 0) is 25.1 Å². The van der Waals surface area contributed by atoms with Gasteiger partial charge in [0.05, 0.1) is 0 Å². The molecule has 1 amide bonds. The molecule has 0 aliphatic rings. The van der Waals surface area contributed by atoms with Gasteiger partial charge in [0.15, 0.2) is 11.5 Å². The Labute approximate surface area is 91.6 Å². The molecule has 6 nitrogen and oxygen atoms in total. The zero-order valence-corrected chi connectivity index (χ0v) is 8.56. The van der Waals surface area contributed by atoms with Crippen molar-refractivity contribution in [2.75, 3.05) is 0 Å². The molecular weight excluding hydrogens is 212 g/mol. The molecule has 0 saturated carbocycles. The summed E-state index contributed by atoms with van der Waals surface area (Å²) in [6.45, 7) is 1.49. The van der Waals surface area contributed by atoms with Crippen molar-refractivity contribution in [3.63, 3.8) is 0 Å². The highest BCUT2D eigenvalue weighted by Crippen LogP contribution is 2.37. The molecule has 0 heterocycles. The second-order valence-electron chi connectivity index (χ2n) is 3.17. The second-order valence-corrected chi connectivity index (χ2v) is 3.17. The lowest BCUT2D eigenvalue weighted by Crippen LogP contribution is -2.30. The number of carbonyl (C=O) groups excluding carboxylic acids is 1. The average molecular weight is 224 g/mol. The summed E-state index contributed by atoms with van der Waals surface area (Å²) in [7, 11) is 0. The maximum atomic E-state index is 11.1. The molecule has 0 aliphatic heterocycles. The third-order valence-electron chi connectivity index (χ3n) is 2.02. The van der Waals surface area contributed by atoms with Gasteiger partial charge in [0.25, 0.3) is 5.91 Å². The van der Waals surface area contributed by atoms with Gasteiger partial charge in [0.1, 0.15) is 0 Å². The number of benzene rings is 1. The smallest absolute Gasteiger partial charge is 0.260 e. The fourth-order valence-corrected chi connectivity index (χ4v) is 1.11. The average Bonchev–Trinajstić information content (AvgIpc) is 2.28. The fraction of sp³-hybridized carbons (Fsp3) is 0.100. The SMILES string of the molecule is C/C(=C\c1ccc(O)c(O)c1O)C(=O)NN. The number of hydrazine groups is 1. The van der Waals surface area contributed by atoms with Crippen LogP contribution < -0.4 is 11.3 Å². The Bertz CT molecular complexity index is 454. The van der Waals surface area contributed by atoms with E-state index in [-0.39, 0.29) is 11.1 Å². The highest BCUT2D eigenvalue weighted by molar-refractivity contribution is 5.97. The van der Waals surface area contributed by atoms with Gasteiger partial charge < -0.3 is 15.3 Å². The van der Waals surface area contributed by atoms with Gasteiger partial charge in [-0.25, -0.2) is 5.84 Å². The van der Waals surface area contributed by atoms with Crippen LogP contribution in [-0.2, 0) is 4.79 Å². The van der Waals surface area contributed by atoms with Crippen molar-refractivity contribution in [1.29, 1.82) is 0 Å². The van der Waals surface area contributed by atoms with Crippen molar-refractivity contribution in [2.24, 2.45) is 5.84 Å². The number of rotatable bonds is 2. The molecule has 0 spiro atoms. The fourth-order valence-electron chi connectivity index (χ4n) is 1.11. The van der Waals surface area contributed by atoms with E-state index in [0.29, 0.717) is 0 Å². The first kappa shape index (κ1) is 11.9. The zero-order valence-electron chi connectivity index (χ0n) is 8.56. The number of hydrogen-bond donors (Lipinski definition) is 5. The summed E-state index contributed by atoms with van der Waals surface area (Å²) in [6.07, 6.45) is 1.33. The number of carbonyl (C=O) groups is 1. The van der Waals surface area contributed by atoms with Crippen LogP contribution in [0.2, 0.25) is 0 Å². The largest absolute Gasteiger partial charge is 0.504 e. The van der Waals surface area contributed by atoms with Crippen LogP contribution in [0, 0.1) is 0 Å². The molecule has 86 valence electrons. The first-order chi connectivity index (χ1) is 7.47. The summed E-state index contributed by atoms with van der Waals surface area (Å²) >= 11 is 0. The molecule has 0 unspecified atom stereocenters. The minimum absolute atomic E-state index is 0.205. The number of hydrogen-bond acceptors (Lipinski definition) is 5. The first-order valence-electron chi connectivity index (χ1n) is 4.40. The highest BCUT2D eigenvalue weighted by atomic mass is 16.3. The van der Waals surface area contributed by atoms with E-state index in [1.807, 2.05) is 5.43 Å². The van der Waals surface area contributed by atoms with Gasteiger partial charge in [-0.1, -0.05) is 0 Å². The Balaban J connectivity index is 3.16. The number of amides is 1. The molecular formula is C10H12N2O4. The Morgan fingerprint density at radius 2 is 1.94 bits per heavy atom. The number of nitrogens with two attached hydrogens (primary N) is 1. The molecule has 16 heavy (non-hydrogen) atoms. The quantitative estimate of drug-likeness (QED) is 0.162. The zero-order chi connectivity index (χ0) is 12.3. The molecule has 0 radical (unpaired) electrons. The molecule has 0 aromatic heterocycles. The van der Waals surface area contributed by atoms with Crippen LogP contribution >= 0.6 is 0 Å². The molecule has 0 atom stereocenters. The molecule has 1 rings (SSSR count). The Morgan fingerprint density at radius 1 is 1.31 bits per heavy atom. The Morgan fingerprint density at radius 3 is 2.50 bits per heavy atom. The van der Waals surface area contributed by atoms with Crippen molar-refractivity contribution in [3.05, 3.63) is 23.3 Å². The summed E-state index contributed by atoms with van der Waals surface area (Å²) in [5.74, 6) is 2.86. The minimum Gasteiger partial charge on any atom is -0.504 e. The number of nitrogens with one attached hydrogen (secondary N) is 1. The van der Waals surface area contributed by atoms with Crippen LogP contribution in [0.1, 0.15) is 12.5 Å². The normalized spacial score (nSPS) is 11.2. The van der Waals surface area contributed by atoms with E-state index >= 15 is 0 Å². The lowest BCUT2D eigenvalue weighted by Gasteiger charge is -2.05. The highest BCUT2D eigenvalue weighted by Gasteiger charge is 2.10. The monoisotopic (exact) mass is 224 g/mol. The van der Waals surface area contributed by atoms with Crippen LogP contribution in [0.5, 0.6) is 17.2 Å². The van der Waals surface area contributed by atoms with E-state index in [1.54, 1.807) is 0 Å². The maximum Gasteiger partial charge on any atom is 0.260 e. The van der Waals surface area contributed by atoms with Crippen molar-refractivity contribution < 1.29 is 20.1 Å². The summed E-state index contributed by atoms with van der Waals surface area (Å²) in [4.78, 5) is 11.1. The van der Waals surface area contributed by atoms with Crippen LogP contribution in [-0.4, -0.2) is 21.2 Å². The molecule has 0 bridgehead atoms. The third kappa shape index (κ3) is 2.23. The Hall–Kier alpha value is -2.21. The lowest BCUT2D eigenvalue weighted by molar-refractivity contribution is -0.117. The molecule has 1 aromatic rings. The first-order valence-corrected chi connectivity index (χ1v) is 4.40. The van der Waals surface area contributed by atoms with E-state index in [9.17, 15) is 15.0 Å². The van der Waals surface area contributed by atoms with Gasteiger partial charge in [0.2, 0.25) is 5.75 Å². The van der Waals surface area contributed by atoms with Crippen molar-refractivity contribution in [1.82, 2.24) is 5.43 Å². The van der Waals surface area contributed by atoms with E-state index in [4.69, 9.17) is 10.9 Å². The summed E-state index contributed by atoms with van der Waals surface area (Å²) in [5.41, 5.74) is 2.39. The summed E-state index contributed by atoms with van der Waals surface area (Å²) in [5, 5.41) is 27.8. The molecule has 0 aliphatic carbocycles. The van der Waals surface area contributed by atoms with E-state index < -0.39 is 23.2 Å². The van der Waals surface area contributed by atoms with Gasteiger partial charge in [0, 0.05) is 11.1 Å². The minimum atomic E-state index is -0.630. The van der Waals surface area contributed by atoms with Crippen molar-refractivity contribution >= 4 is 12.0 Å². The summed E-state index contributed by atoms with van der Waals surface area (Å²) in [6, 6.07) is 2.56. The van der Waals surface area contributed by atoms with E-state index in [0.717, 1.165) is 0 Å². The summed E-state index contributed by atoms with van der Waals surface area (Å²) < 4.78 is 0. The molecule has 1 aromatic carbocycles. The Kier molecular flexibility index (Phi) is 3.37. The predicted molar refractivity (Wildman–Crippen MR) is 57.4 cm³/mol. The predicted octanol–water partition coefficient (Wildman–Crippen LogP) is 0.197.